The lowest BCUT2D eigenvalue weighted by atomic mass is 10.1. The number of carbonyl (C=O) groups is 1. The van der Waals surface area contributed by atoms with Gasteiger partial charge in [0.1, 0.15) is 6.61 Å². The molecule has 0 radical (unpaired) electrons. The number of benzene rings is 1. The molecule has 1 aliphatic rings. The molecule has 0 aromatic heterocycles. The SMILES string of the molecule is N#CC1CC(=O)N(OCc2ccccc2)C1. The molecule has 0 aliphatic carbocycles. The molecule has 2 rings (SSSR count). The summed E-state index contributed by atoms with van der Waals surface area (Å²) in [6.45, 7) is 0.743. The van der Waals surface area contributed by atoms with Crippen molar-refractivity contribution in [3.8, 4) is 6.07 Å². The summed E-state index contributed by atoms with van der Waals surface area (Å²) < 4.78 is 0. The molecule has 4 heteroatoms. The summed E-state index contributed by atoms with van der Waals surface area (Å²) in [4.78, 5) is 16.8. The molecule has 82 valence electrons. The number of amides is 1. The third-order valence-corrected chi connectivity index (χ3v) is 2.50. The number of nitrogens with zero attached hydrogens (tertiary/aromatic N) is 2. The molecule has 16 heavy (non-hydrogen) atoms. The Morgan fingerprint density at radius 3 is 2.81 bits per heavy atom. The first-order valence-corrected chi connectivity index (χ1v) is 5.16. The van der Waals surface area contributed by atoms with E-state index in [1.54, 1.807) is 0 Å². The zero-order chi connectivity index (χ0) is 11.4. The molecule has 4 nitrogen and oxygen atoms in total. The number of nitriles is 1. The predicted octanol–water partition coefficient (Wildman–Crippen LogP) is 1.49. The van der Waals surface area contributed by atoms with Crippen LogP contribution in [0.4, 0.5) is 0 Å². The molecule has 1 aromatic carbocycles. The van der Waals surface area contributed by atoms with Gasteiger partial charge in [-0.05, 0) is 5.56 Å². The minimum absolute atomic E-state index is 0.109. The summed E-state index contributed by atoms with van der Waals surface area (Å²) >= 11 is 0. The van der Waals surface area contributed by atoms with Crippen LogP contribution < -0.4 is 0 Å². The molecule has 1 fully saturated rings. The van der Waals surface area contributed by atoms with Crippen molar-refractivity contribution >= 4 is 5.91 Å². The van der Waals surface area contributed by atoms with Crippen molar-refractivity contribution in [1.82, 2.24) is 5.06 Å². The highest BCUT2D eigenvalue weighted by Crippen LogP contribution is 2.17. The Balaban J connectivity index is 1.88. The Bertz CT molecular complexity index is 411. The Morgan fingerprint density at radius 2 is 2.19 bits per heavy atom. The molecule has 0 saturated carbocycles. The van der Waals surface area contributed by atoms with Gasteiger partial charge in [-0.3, -0.25) is 9.63 Å². The molecule has 1 unspecified atom stereocenters. The van der Waals surface area contributed by atoms with E-state index in [2.05, 4.69) is 6.07 Å². The molecule has 0 bridgehead atoms. The van der Waals surface area contributed by atoms with Crippen LogP contribution in [-0.2, 0) is 16.2 Å². The van der Waals surface area contributed by atoms with Crippen LogP contribution in [0.1, 0.15) is 12.0 Å². The molecule has 1 amide bonds. The smallest absolute Gasteiger partial charge is 0.247 e. The molecular weight excluding hydrogens is 204 g/mol. The van der Waals surface area contributed by atoms with Gasteiger partial charge in [0.05, 0.1) is 18.5 Å². The fraction of sp³-hybridized carbons (Fsp3) is 0.333. The van der Waals surface area contributed by atoms with Gasteiger partial charge >= 0.3 is 0 Å². The first-order valence-electron chi connectivity index (χ1n) is 5.16. The summed E-state index contributed by atoms with van der Waals surface area (Å²) in [5, 5.41) is 9.99. The van der Waals surface area contributed by atoms with Crippen molar-refractivity contribution in [1.29, 1.82) is 5.26 Å². The largest absolute Gasteiger partial charge is 0.273 e. The molecule has 1 aromatic rings. The minimum atomic E-state index is -0.233. The summed E-state index contributed by atoms with van der Waals surface area (Å²) in [5.74, 6) is -0.342. The van der Waals surface area contributed by atoms with Gasteiger partial charge in [-0.15, -0.1) is 0 Å². The van der Waals surface area contributed by atoms with E-state index < -0.39 is 0 Å². The van der Waals surface area contributed by atoms with Gasteiger partial charge in [0, 0.05) is 6.42 Å². The van der Waals surface area contributed by atoms with Gasteiger partial charge < -0.3 is 0 Å². The van der Waals surface area contributed by atoms with E-state index in [1.165, 1.54) is 5.06 Å². The van der Waals surface area contributed by atoms with Gasteiger partial charge in [0.2, 0.25) is 5.91 Å². The first kappa shape index (κ1) is 10.7. The van der Waals surface area contributed by atoms with E-state index in [-0.39, 0.29) is 18.2 Å². The standard InChI is InChI=1S/C12H12N2O2/c13-7-11-6-12(15)14(8-11)16-9-10-4-2-1-3-5-10/h1-5,11H,6,8-9H2. The number of hydroxylamine groups is 2. The van der Waals surface area contributed by atoms with Gasteiger partial charge in [0.25, 0.3) is 0 Å². The fourth-order valence-corrected chi connectivity index (χ4v) is 1.62. The van der Waals surface area contributed by atoms with Crippen LogP contribution >= 0.6 is 0 Å². The second-order valence-electron chi connectivity index (χ2n) is 3.74. The lowest BCUT2D eigenvalue weighted by molar-refractivity contribution is -0.182. The maximum atomic E-state index is 11.4. The highest BCUT2D eigenvalue weighted by Gasteiger charge is 2.30. The maximum absolute atomic E-state index is 11.4. The Labute approximate surface area is 94.0 Å². The molecule has 1 atom stereocenters. The van der Waals surface area contributed by atoms with Crippen molar-refractivity contribution < 1.29 is 9.63 Å². The summed E-state index contributed by atoms with van der Waals surface area (Å²) in [6.07, 6.45) is 0.269. The summed E-state index contributed by atoms with van der Waals surface area (Å²) in [5.41, 5.74) is 1.01. The lowest BCUT2D eigenvalue weighted by Gasteiger charge is -2.15. The quantitative estimate of drug-likeness (QED) is 0.769. The van der Waals surface area contributed by atoms with Crippen LogP contribution in [0.15, 0.2) is 30.3 Å². The third-order valence-electron chi connectivity index (χ3n) is 2.50. The van der Waals surface area contributed by atoms with Gasteiger partial charge in [-0.25, -0.2) is 5.06 Å². The van der Waals surface area contributed by atoms with E-state index in [4.69, 9.17) is 10.1 Å². The Morgan fingerprint density at radius 1 is 1.44 bits per heavy atom. The predicted molar refractivity (Wildman–Crippen MR) is 56.7 cm³/mol. The van der Waals surface area contributed by atoms with E-state index in [9.17, 15) is 4.79 Å². The molecule has 1 aliphatic heterocycles. The van der Waals surface area contributed by atoms with Gasteiger partial charge in [-0.2, -0.15) is 5.26 Å². The highest BCUT2D eigenvalue weighted by atomic mass is 16.7. The Kier molecular flexibility index (Phi) is 3.18. The van der Waals surface area contributed by atoms with E-state index in [0.717, 1.165) is 5.56 Å². The topological polar surface area (TPSA) is 53.3 Å². The molecular formula is C12H12N2O2. The zero-order valence-electron chi connectivity index (χ0n) is 8.80. The van der Waals surface area contributed by atoms with Gasteiger partial charge in [-0.1, -0.05) is 30.3 Å². The molecule has 0 N–H and O–H groups in total. The van der Waals surface area contributed by atoms with Crippen LogP contribution in [0, 0.1) is 17.2 Å². The minimum Gasteiger partial charge on any atom is -0.273 e. The highest BCUT2D eigenvalue weighted by molar-refractivity contribution is 5.78. The lowest BCUT2D eigenvalue weighted by Crippen LogP contribution is -2.25. The number of hydrogen-bond acceptors (Lipinski definition) is 3. The zero-order valence-corrected chi connectivity index (χ0v) is 8.80. The summed E-state index contributed by atoms with van der Waals surface area (Å²) in [6, 6.07) is 11.7. The van der Waals surface area contributed by atoms with Crippen molar-refractivity contribution in [3.63, 3.8) is 0 Å². The Hall–Kier alpha value is -1.86. The average molecular weight is 216 g/mol. The van der Waals surface area contributed by atoms with Crippen LogP contribution in [0.2, 0.25) is 0 Å². The normalized spacial score (nSPS) is 19.8. The van der Waals surface area contributed by atoms with Crippen molar-refractivity contribution in [2.75, 3.05) is 6.54 Å². The third kappa shape index (κ3) is 2.38. The number of hydrogen-bond donors (Lipinski definition) is 0. The first-order chi connectivity index (χ1) is 7.79. The van der Waals surface area contributed by atoms with E-state index in [0.29, 0.717) is 13.2 Å². The molecule has 1 saturated heterocycles. The molecule has 1 heterocycles. The van der Waals surface area contributed by atoms with Crippen molar-refractivity contribution in [2.45, 2.75) is 13.0 Å². The van der Waals surface area contributed by atoms with Crippen LogP contribution in [0.25, 0.3) is 0 Å². The van der Waals surface area contributed by atoms with E-state index in [1.807, 2.05) is 30.3 Å². The average Bonchev–Trinajstić information content (AvgIpc) is 2.69. The molecule has 0 spiro atoms. The van der Waals surface area contributed by atoms with Crippen molar-refractivity contribution in [3.05, 3.63) is 35.9 Å². The maximum Gasteiger partial charge on any atom is 0.247 e. The van der Waals surface area contributed by atoms with E-state index >= 15 is 0 Å². The monoisotopic (exact) mass is 216 g/mol. The van der Waals surface area contributed by atoms with Crippen LogP contribution in [-0.4, -0.2) is 17.5 Å². The second kappa shape index (κ2) is 4.77. The fourth-order valence-electron chi connectivity index (χ4n) is 1.62. The summed E-state index contributed by atoms with van der Waals surface area (Å²) in [7, 11) is 0. The van der Waals surface area contributed by atoms with Crippen molar-refractivity contribution in [2.24, 2.45) is 5.92 Å². The van der Waals surface area contributed by atoms with Crippen LogP contribution in [0.3, 0.4) is 0 Å². The van der Waals surface area contributed by atoms with Crippen LogP contribution in [0.5, 0.6) is 0 Å². The van der Waals surface area contributed by atoms with Gasteiger partial charge in [0.15, 0.2) is 0 Å². The number of carbonyl (C=O) groups excluding carboxylic acids is 1. The number of rotatable bonds is 3. The second-order valence-corrected chi connectivity index (χ2v) is 3.74.